The number of hydrogen-bond acceptors (Lipinski definition) is 6. The molecule has 158 valence electrons. The number of para-hydroxylation sites is 1. The quantitative estimate of drug-likeness (QED) is 0.175. The summed E-state index contributed by atoms with van der Waals surface area (Å²) < 4.78 is 33.2. The van der Waals surface area contributed by atoms with Crippen molar-refractivity contribution in [1.82, 2.24) is 4.31 Å². The van der Waals surface area contributed by atoms with E-state index in [1.54, 1.807) is 19.1 Å². The Labute approximate surface area is 188 Å². The van der Waals surface area contributed by atoms with E-state index in [0.29, 0.717) is 5.56 Å². The average molecular weight is 542 g/mol. The van der Waals surface area contributed by atoms with Gasteiger partial charge in [-0.05, 0) is 54.6 Å². The van der Waals surface area contributed by atoms with Crippen molar-refractivity contribution in [3.8, 4) is 11.8 Å². The van der Waals surface area contributed by atoms with Crippen molar-refractivity contribution >= 4 is 44.3 Å². The fraction of sp³-hybridized carbons (Fsp3) is 0.250. The van der Waals surface area contributed by atoms with E-state index in [2.05, 4.69) is 34.4 Å². The van der Waals surface area contributed by atoms with Crippen molar-refractivity contribution in [3.05, 3.63) is 67.8 Å². The summed E-state index contributed by atoms with van der Waals surface area (Å²) in [5.74, 6) is 4.87. The van der Waals surface area contributed by atoms with Crippen LogP contribution in [0.4, 0.5) is 5.69 Å². The Morgan fingerprint density at radius 3 is 2.50 bits per heavy atom. The van der Waals surface area contributed by atoms with E-state index >= 15 is 0 Å². The third-order valence-electron chi connectivity index (χ3n) is 4.04. The molecule has 30 heavy (non-hydrogen) atoms. The topological polar surface area (TPSA) is 107 Å². The van der Waals surface area contributed by atoms with Crippen LogP contribution in [-0.2, 0) is 19.6 Å². The van der Waals surface area contributed by atoms with Gasteiger partial charge in [-0.3, -0.25) is 14.9 Å². The number of sulfonamides is 1. The molecular weight excluding hydrogens is 523 g/mol. The van der Waals surface area contributed by atoms with Crippen molar-refractivity contribution in [2.24, 2.45) is 0 Å². The molecule has 0 aromatic heterocycles. The predicted molar refractivity (Wildman–Crippen MR) is 119 cm³/mol. The number of carbonyl (C=O) groups excluding carboxylic acids is 1. The van der Waals surface area contributed by atoms with Crippen LogP contribution in [0.3, 0.4) is 0 Å². The maximum absolute atomic E-state index is 13.3. The normalized spacial score (nSPS) is 12.0. The first-order chi connectivity index (χ1) is 14.2. The lowest BCUT2D eigenvalue weighted by atomic mass is 10.2. The number of esters is 1. The molecule has 0 amide bonds. The van der Waals surface area contributed by atoms with Gasteiger partial charge in [-0.2, -0.15) is 4.31 Å². The lowest BCUT2D eigenvalue weighted by Crippen LogP contribution is -2.44. The van der Waals surface area contributed by atoms with Crippen LogP contribution in [0.25, 0.3) is 0 Å². The van der Waals surface area contributed by atoms with E-state index in [1.165, 1.54) is 19.1 Å². The third-order valence-corrected chi connectivity index (χ3v) is 6.94. The van der Waals surface area contributed by atoms with Gasteiger partial charge < -0.3 is 4.74 Å². The minimum absolute atomic E-state index is 0.0659. The Balaban J connectivity index is 2.50. The second-order valence-corrected chi connectivity index (χ2v) is 9.01. The van der Waals surface area contributed by atoms with E-state index in [4.69, 9.17) is 4.74 Å². The molecule has 0 saturated carbocycles. The first kappa shape index (κ1) is 23.8. The monoisotopic (exact) mass is 542 g/mol. The number of carbonyl (C=O) groups is 1. The minimum atomic E-state index is -4.42. The molecule has 0 bridgehead atoms. The van der Waals surface area contributed by atoms with Crippen LogP contribution in [0.2, 0.25) is 0 Å². The molecule has 0 N–H and O–H groups in total. The zero-order valence-electron chi connectivity index (χ0n) is 16.2. The summed E-state index contributed by atoms with van der Waals surface area (Å²) in [6.07, 6.45) is 0. The Morgan fingerprint density at radius 2 is 1.87 bits per heavy atom. The van der Waals surface area contributed by atoms with Gasteiger partial charge in [0.1, 0.15) is 6.04 Å². The van der Waals surface area contributed by atoms with Gasteiger partial charge in [0, 0.05) is 15.2 Å². The molecule has 2 aromatic rings. The Bertz CT molecular complexity index is 1110. The summed E-state index contributed by atoms with van der Waals surface area (Å²) in [7, 11) is -4.42. The third kappa shape index (κ3) is 5.56. The highest BCUT2D eigenvalue weighted by molar-refractivity contribution is 14.1. The number of halogens is 1. The van der Waals surface area contributed by atoms with E-state index in [9.17, 15) is 23.3 Å². The van der Waals surface area contributed by atoms with E-state index in [-0.39, 0.29) is 13.2 Å². The largest absolute Gasteiger partial charge is 0.465 e. The van der Waals surface area contributed by atoms with Crippen molar-refractivity contribution in [3.63, 3.8) is 0 Å². The first-order valence-corrected chi connectivity index (χ1v) is 11.4. The Morgan fingerprint density at radius 1 is 1.23 bits per heavy atom. The van der Waals surface area contributed by atoms with Crippen LogP contribution in [-0.4, -0.2) is 42.8 Å². The van der Waals surface area contributed by atoms with Gasteiger partial charge >= 0.3 is 5.97 Å². The molecule has 0 aliphatic heterocycles. The maximum atomic E-state index is 13.3. The van der Waals surface area contributed by atoms with Gasteiger partial charge in [-0.1, -0.05) is 36.1 Å². The zero-order valence-corrected chi connectivity index (χ0v) is 19.2. The van der Waals surface area contributed by atoms with Gasteiger partial charge in [0.25, 0.3) is 15.7 Å². The van der Waals surface area contributed by atoms with Crippen LogP contribution < -0.4 is 0 Å². The van der Waals surface area contributed by atoms with Crippen LogP contribution in [0.1, 0.15) is 19.4 Å². The molecule has 8 nitrogen and oxygen atoms in total. The molecule has 0 spiro atoms. The smallest absolute Gasteiger partial charge is 0.324 e. The molecule has 0 aliphatic carbocycles. The Hall–Kier alpha value is -2.49. The standard InChI is InChI=1S/C20H19IN2O6S/c1-3-29-20(24)15(2)22(14-8-10-16-9-4-5-11-17(16)21)30(27,28)19-13-7-6-12-18(19)23(25)26/h4-7,9,11-13,15H,3,14H2,1-2H3/t15-/m0/s1. The Kier molecular flexibility index (Phi) is 8.33. The lowest BCUT2D eigenvalue weighted by molar-refractivity contribution is -0.387. The van der Waals surface area contributed by atoms with E-state index in [0.717, 1.165) is 20.0 Å². The van der Waals surface area contributed by atoms with Crippen LogP contribution in [0, 0.1) is 25.5 Å². The molecule has 0 unspecified atom stereocenters. The summed E-state index contributed by atoms with van der Waals surface area (Å²) in [5.41, 5.74) is 0.119. The number of rotatable bonds is 7. The number of hydrogen-bond donors (Lipinski definition) is 0. The van der Waals surface area contributed by atoms with Crippen LogP contribution in [0.15, 0.2) is 53.4 Å². The fourth-order valence-electron chi connectivity index (χ4n) is 2.54. The lowest BCUT2D eigenvalue weighted by Gasteiger charge is -2.25. The maximum Gasteiger partial charge on any atom is 0.324 e. The summed E-state index contributed by atoms with van der Waals surface area (Å²) in [5, 5.41) is 11.3. The van der Waals surface area contributed by atoms with Crippen LogP contribution in [0.5, 0.6) is 0 Å². The van der Waals surface area contributed by atoms with Gasteiger partial charge in [0.15, 0.2) is 4.90 Å². The highest BCUT2D eigenvalue weighted by Crippen LogP contribution is 2.27. The molecule has 10 heteroatoms. The molecule has 1 atom stereocenters. The predicted octanol–water partition coefficient (Wildman–Crippen LogP) is 3.19. The molecule has 0 radical (unpaired) electrons. The van der Waals surface area contributed by atoms with E-state index in [1.807, 2.05) is 12.1 Å². The number of nitro groups is 1. The number of nitro benzene ring substituents is 1. The molecule has 0 fully saturated rings. The molecule has 2 rings (SSSR count). The van der Waals surface area contributed by atoms with E-state index < -0.39 is 37.5 Å². The van der Waals surface area contributed by atoms with Crippen molar-refractivity contribution in [2.45, 2.75) is 24.8 Å². The fourth-order valence-corrected chi connectivity index (χ4v) is 4.71. The van der Waals surface area contributed by atoms with Crippen LogP contribution >= 0.6 is 22.6 Å². The summed E-state index contributed by atoms with van der Waals surface area (Å²) in [6, 6.07) is 11.0. The molecule has 2 aromatic carbocycles. The SMILES string of the molecule is CCOC(=O)[C@H](C)N(CC#Cc1ccccc1I)S(=O)(=O)c1ccccc1[N+](=O)[O-]. The highest BCUT2D eigenvalue weighted by Gasteiger charge is 2.37. The van der Waals surface area contributed by atoms with Crippen molar-refractivity contribution < 1.29 is 22.9 Å². The molecule has 0 heterocycles. The summed E-state index contributed by atoms with van der Waals surface area (Å²) in [6.45, 7) is 2.68. The summed E-state index contributed by atoms with van der Waals surface area (Å²) in [4.78, 5) is 22.3. The van der Waals surface area contributed by atoms with Gasteiger partial charge in [-0.15, -0.1) is 0 Å². The van der Waals surface area contributed by atoms with Crippen molar-refractivity contribution in [1.29, 1.82) is 0 Å². The first-order valence-electron chi connectivity index (χ1n) is 8.85. The van der Waals surface area contributed by atoms with Crippen molar-refractivity contribution in [2.75, 3.05) is 13.2 Å². The molecule has 0 saturated heterocycles. The second kappa shape index (κ2) is 10.5. The average Bonchev–Trinajstić information content (AvgIpc) is 2.72. The van der Waals surface area contributed by atoms with Gasteiger partial charge in [0.2, 0.25) is 0 Å². The van der Waals surface area contributed by atoms with Gasteiger partial charge in [0.05, 0.1) is 18.1 Å². The summed E-state index contributed by atoms with van der Waals surface area (Å²) >= 11 is 2.11. The zero-order chi connectivity index (χ0) is 22.3. The van der Waals surface area contributed by atoms with Gasteiger partial charge in [-0.25, -0.2) is 8.42 Å². The highest BCUT2D eigenvalue weighted by atomic mass is 127. The molecular formula is C20H19IN2O6S. The number of benzene rings is 2. The second-order valence-electron chi connectivity index (χ2n) is 5.98. The number of ether oxygens (including phenoxy) is 1. The number of nitrogens with zero attached hydrogens (tertiary/aromatic N) is 2. The minimum Gasteiger partial charge on any atom is -0.465 e. The molecule has 0 aliphatic rings.